The minimum absolute atomic E-state index is 0.0323. The summed E-state index contributed by atoms with van der Waals surface area (Å²) in [6.07, 6.45) is 2.29. The van der Waals surface area contributed by atoms with Gasteiger partial charge in [0.25, 0.3) is 5.91 Å². The van der Waals surface area contributed by atoms with Crippen LogP contribution in [0.2, 0.25) is 0 Å². The summed E-state index contributed by atoms with van der Waals surface area (Å²) in [5.74, 6) is -0.282. The van der Waals surface area contributed by atoms with Gasteiger partial charge >= 0.3 is 0 Å². The molecule has 0 bridgehead atoms. The minimum Gasteiger partial charge on any atom is -0.350 e. The van der Waals surface area contributed by atoms with Crippen molar-refractivity contribution in [2.75, 3.05) is 13.1 Å². The highest BCUT2D eigenvalue weighted by atomic mass is 32.1. The van der Waals surface area contributed by atoms with Crippen molar-refractivity contribution in [1.82, 2.24) is 10.6 Å². The number of aryl methyl sites for hydroxylation is 1. The van der Waals surface area contributed by atoms with Crippen LogP contribution in [0.15, 0.2) is 30.3 Å². The fourth-order valence-corrected chi connectivity index (χ4v) is 3.81. The van der Waals surface area contributed by atoms with Gasteiger partial charge in [0.1, 0.15) is 5.82 Å². The lowest BCUT2D eigenvalue weighted by Gasteiger charge is -2.10. The smallest absolute Gasteiger partial charge is 0.261 e. The Morgan fingerprint density at radius 2 is 2.18 bits per heavy atom. The van der Waals surface area contributed by atoms with Gasteiger partial charge in [0.15, 0.2) is 0 Å². The maximum Gasteiger partial charge on any atom is 0.261 e. The number of thiophene rings is 1. The molecule has 0 radical (unpaired) electrons. The van der Waals surface area contributed by atoms with Gasteiger partial charge in [0.05, 0.1) is 4.88 Å². The van der Waals surface area contributed by atoms with Crippen LogP contribution in [-0.2, 0) is 0 Å². The Morgan fingerprint density at radius 3 is 2.86 bits per heavy atom. The van der Waals surface area contributed by atoms with Crippen LogP contribution >= 0.6 is 11.3 Å². The van der Waals surface area contributed by atoms with Crippen LogP contribution in [0.25, 0.3) is 10.4 Å². The van der Waals surface area contributed by atoms with E-state index in [2.05, 4.69) is 10.6 Å². The quantitative estimate of drug-likeness (QED) is 0.908. The molecule has 1 saturated heterocycles. The summed E-state index contributed by atoms with van der Waals surface area (Å²) < 4.78 is 13.0. The van der Waals surface area contributed by atoms with E-state index in [-0.39, 0.29) is 11.7 Å². The number of hydrogen-bond donors (Lipinski definition) is 2. The number of halogens is 1. The summed E-state index contributed by atoms with van der Waals surface area (Å²) in [5, 5.41) is 6.36. The standard InChI is InChI=1S/C17H19FN2OS/c1-11-9-15(17(21)20-10-14-3-2-8-19-14)22-16(11)12-4-6-13(18)7-5-12/h4-7,9,14,19H,2-3,8,10H2,1H3,(H,20,21). The molecule has 0 spiro atoms. The van der Waals surface area contributed by atoms with Gasteiger partial charge in [-0.3, -0.25) is 4.79 Å². The molecule has 1 aromatic heterocycles. The first-order valence-electron chi connectivity index (χ1n) is 7.51. The summed E-state index contributed by atoms with van der Waals surface area (Å²) in [6.45, 7) is 3.68. The molecular weight excluding hydrogens is 299 g/mol. The van der Waals surface area contributed by atoms with E-state index >= 15 is 0 Å². The number of rotatable bonds is 4. The Hall–Kier alpha value is -1.72. The molecule has 2 aromatic rings. The molecular formula is C17H19FN2OS. The summed E-state index contributed by atoms with van der Waals surface area (Å²) in [6, 6.07) is 8.68. The average Bonchev–Trinajstić information content (AvgIpc) is 3.15. The minimum atomic E-state index is -0.250. The summed E-state index contributed by atoms with van der Waals surface area (Å²) in [5.41, 5.74) is 1.99. The van der Waals surface area contributed by atoms with Gasteiger partial charge in [0, 0.05) is 17.5 Å². The van der Waals surface area contributed by atoms with Crippen LogP contribution in [0.5, 0.6) is 0 Å². The second kappa shape index (κ2) is 6.58. The molecule has 5 heteroatoms. The second-order valence-corrected chi connectivity index (χ2v) is 6.69. The number of carbonyl (C=O) groups is 1. The summed E-state index contributed by atoms with van der Waals surface area (Å²) in [4.78, 5) is 14.0. The van der Waals surface area contributed by atoms with Gasteiger partial charge < -0.3 is 10.6 Å². The van der Waals surface area contributed by atoms with Crippen molar-refractivity contribution >= 4 is 17.2 Å². The Morgan fingerprint density at radius 1 is 1.41 bits per heavy atom. The first-order chi connectivity index (χ1) is 10.6. The first kappa shape index (κ1) is 15.2. The highest BCUT2D eigenvalue weighted by molar-refractivity contribution is 7.17. The zero-order valence-electron chi connectivity index (χ0n) is 12.5. The number of benzene rings is 1. The van der Waals surface area contributed by atoms with Crippen LogP contribution in [-0.4, -0.2) is 25.0 Å². The monoisotopic (exact) mass is 318 g/mol. The van der Waals surface area contributed by atoms with Gasteiger partial charge in [-0.1, -0.05) is 12.1 Å². The molecule has 116 valence electrons. The van der Waals surface area contributed by atoms with Crippen molar-refractivity contribution < 1.29 is 9.18 Å². The fourth-order valence-electron chi connectivity index (χ4n) is 2.72. The fraction of sp³-hybridized carbons (Fsp3) is 0.353. The molecule has 0 aliphatic carbocycles. The van der Waals surface area contributed by atoms with Crippen LogP contribution in [0, 0.1) is 12.7 Å². The molecule has 1 fully saturated rings. The molecule has 3 nitrogen and oxygen atoms in total. The van der Waals surface area contributed by atoms with Gasteiger partial charge in [-0.05, 0) is 55.6 Å². The normalized spacial score (nSPS) is 17.6. The van der Waals surface area contributed by atoms with E-state index < -0.39 is 0 Å². The lowest BCUT2D eigenvalue weighted by atomic mass is 10.1. The van der Waals surface area contributed by atoms with Gasteiger partial charge in [0.2, 0.25) is 0 Å². The second-order valence-electron chi connectivity index (χ2n) is 5.63. The van der Waals surface area contributed by atoms with Crippen LogP contribution in [0.4, 0.5) is 4.39 Å². The lowest BCUT2D eigenvalue weighted by Crippen LogP contribution is -2.36. The Kier molecular flexibility index (Phi) is 4.55. The Bertz CT molecular complexity index is 660. The molecule has 1 aromatic carbocycles. The maximum absolute atomic E-state index is 13.0. The van der Waals surface area contributed by atoms with Gasteiger partial charge in [-0.2, -0.15) is 0 Å². The van der Waals surface area contributed by atoms with E-state index in [0.717, 1.165) is 29.0 Å². The lowest BCUT2D eigenvalue weighted by molar-refractivity contribution is 0.0954. The molecule has 2 heterocycles. The van der Waals surface area contributed by atoms with E-state index in [0.29, 0.717) is 17.5 Å². The number of hydrogen-bond acceptors (Lipinski definition) is 3. The first-order valence-corrected chi connectivity index (χ1v) is 8.33. The third-order valence-electron chi connectivity index (χ3n) is 3.92. The van der Waals surface area contributed by atoms with E-state index in [1.54, 1.807) is 12.1 Å². The number of nitrogens with one attached hydrogen (secondary N) is 2. The molecule has 0 saturated carbocycles. The Labute approximate surface area is 133 Å². The molecule has 22 heavy (non-hydrogen) atoms. The molecule has 1 unspecified atom stereocenters. The Balaban J connectivity index is 1.70. The van der Waals surface area contributed by atoms with E-state index in [9.17, 15) is 9.18 Å². The molecule has 3 rings (SSSR count). The van der Waals surface area contributed by atoms with Gasteiger partial charge in [-0.25, -0.2) is 4.39 Å². The molecule has 1 aliphatic rings. The van der Waals surface area contributed by atoms with Crippen molar-refractivity contribution in [3.8, 4) is 10.4 Å². The van der Waals surface area contributed by atoms with Crippen LogP contribution in [0.3, 0.4) is 0 Å². The third kappa shape index (κ3) is 3.36. The SMILES string of the molecule is Cc1cc(C(=O)NCC2CCCN2)sc1-c1ccc(F)cc1. The summed E-state index contributed by atoms with van der Waals surface area (Å²) in [7, 11) is 0. The average molecular weight is 318 g/mol. The maximum atomic E-state index is 13.0. The van der Waals surface area contributed by atoms with E-state index in [4.69, 9.17) is 0 Å². The van der Waals surface area contributed by atoms with Crippen molar-refractivity contribution in [3.63, 3.8) is 0 Å². The highest BCUT2D eigenvalue weighted by Crippen LogP contribution is 2.32. The van der Waals surface area contributed by atoms with Crippen molar-refractivity contribution in [1.29, 1.82) is 0 Å². The number of amides is 1. The predicted molar refractivity (Wildman–Crippen MR) is 87.8 cm³/mol. The zero-order valence-corrected chi connectivity index (χ0v) is 13.3. The largest absolute Gasteiger partial charge is 0.350 e. The van der Waals surface area contributed by atoms with Crippen LogP contribution in [0.1, 0.15) is 28.1 Å². The summed E-state index contributed by atoms with van der Waals surface area (Å²) >= 11 is 1.45. The topological polar surface area (TPSA) is 41.1 Å². The van der Waals surface area contributed by atoms with Crippen LogP contribution < -0.4 is 10.6 Å². The van der Waals surface area contributed by atoms with E-state index in [1.165, 1.54) is 29.9 Å². The molecule has 1 atom stereocenters. The van der Waals surface area contributed by atoms with E-state index in [1.807, 2.05) is 13.0 Å². The number of carbonyl (C=O) groups excluding carboxylic acids is 1. The molecule has 1 aliphatic heterocycles. The zero-order chi connectivity index (χ0) is 15.5. The predicted octanol–water partition coefficient (Wildman–Crippen LogP) is 3.34. The molecule has 1 amide bonds. The van der Waals surface area contributed by atoms with Crippen molar-refractivity contribution in [2.24, 2.45) is 0 Å². The van der Waals surface area contributed by atoms with Crippen molar-refractivity contribution in [2.45, 2.75) is 25.8 Å². The van der Waals surface area contributed by atoms with Crippen molar-refractivity contribution in [3.05, 3.63) is 46.6 Å². The third-order valence-corrected chi connectivity index (χ3v) is 5.20. The van der Waals surface area contributed by atoms with Gasteiger partial charge in [-0.15, -0.1) is 11.3 Å². The highest BCUT2D eigenvalue weighted by Gasteiger charge is 2.17. The molecule has 2 N–H and O–H groups in total.